The molecule has 5 nitrogen and oxygen atoms in total. The first-order valence-electron chi connectivity index (χ1n) is 4.42. The van der Waals surface area contributed by atoms with E-state index in [9.17, 15) is 0 Å². The van der Waals surface area contributed by atoms with Crippen molar-refractivity contribution in [3.05, 3.63) is 16.1 Å². The maximum atomic E-state index is 5.27. The monoisotopic (exact) mass is 213 g/mol. The first-order chi connectivity index (χ1) is 6.76. The fraction of sp³-hybridized carbons (Fsp3) is 0.500. The largest absolute Gasteiger partial charge is 0.356 e. The second-order valence-corrected chi connectivity index (χ2v) is 4.00. The Morgan fingerprint density at radius 3 is 3.00 bits per heavy atom. The number of nitrogens with one attached hydrogen (secondary N) is 2. The van der Waals surface area contributed by atoms with Crippen LogP contribution in [0.1, 0.15) is 16.8 Å². The van der Waals surface area contributed by atoms with Gasteiger partial charge < -0.3 is 5.32 Å². The second-order valence-electron chi connectivity index (χ2n) is 2.69. The molecule has 0 aromatic carbocycles. The highest BCUT2D eigenvalue weighted by molar-refractivity contribution is 7.11. The van der Waals surface area contributed by atoms with Crippen LogP contribution in [0.25, 0.3) is 0 Å². The average Bonchev–Trinajstić information content (AvgIpc) is 2.59. The van der Waals surface area contributed by atoms with Crippen LogP contribution in [0.5, 0.6) is 0 Å². The molecule has 1 aromatic rings. The number of nitrogens with zero attached hydrogens (tertiary/aromatic N) is 2. The highest BCUT2D eigenvalue weighted by atomic mass is 32.1. The topological polar surface area (TPSA) is 75.3 Å². The third kappa shape index (κ3) is 3.31. The quantitative estimate of drug-likeness (QED) is 0.294. The molecule has 0 saturated heterocycles. The molecule has 0 unspecified atom stereocenters. The van der Waals surface area contributed by atoms with Crippen LogP contribution in [0.3, 0.4) is 0 Å². The fourth-order valence-corrected chi connectivity index (χ4v) is 1.67. The van der Waals surface area contributed by atoms with E-state index in [1.54, 1.807) is 11.3 Å². The lowest BCUT2D eigenvalue weighted by atomic mass is 10.5. The van der Waals surface area contributed by atoms with E-state index < -0.39 is 0 Å². The molecule has 1 heterocycles. The van der Waals surface area contributed by atoms with Crippen molar-refractivity contribution in [3.63, 3.8) is 0 Å². The molecular formula is C8H15N5S. The molecule has 0 bridgehead atoms. The molecule has 4 N–H and O–H groups in total. The SMILES string of the molecule is CCNC(=NCc1cnc(C)s1)NN. The fourth-order valence-electron chi connectivity index (χ4n) is 0.955. The van der Waals surface area contributed by atoms with E-state index in [1.165, 1.54) is 0 Å². The molecule has 0 radical (unpaired) electrons. The number of guanidine groups is 1. The van der Waals surface area contributed by atoms with Gasteiger partial charge in [-0.25, -0.2) is 15.8 Å². The smallest absolute Gasteiger partial charge is 0.206 e. The van der Waals surface area contributed by atoms with Crippen molar-refractivity contribution in [2.75, 3.05) is 6.54 Å². The van der Waals surface area contributed by atoms with Crippen molar-refractivity contribution in [1.29, 1.82) is 0 Å². The second kappa shape index (κ2) is 5.56. The summed E-state index contributed by atoms with van der Waals surface area (Å²) < 4.78 is 0. The number of hydrazine groups is 1. The lowest BCUT2D eigenvalue weighted by Gasteiger charge is -2.05. The van der Waals surface area contributed by atoms with Crippen LogP contribution < -0.4 is 16.6 Å². The predicted molar refractivity (Wildman–Crippen MR) is 59.0 cm³/mol. The molecule has 0 fully saturated rings. The number of rotatable bonds is 3. The summed E-state index contributed by atoms with van der Waals surface area (Å²) in [4.78, 5) is 9.53. The third-order valence-corrected chi connectivity index (χ3v) is 2.44. The van der Waals surface area contributed by atoms with Crippen LogP contribution in [-0.4, -0.2) is 17.5 Å². The molecule has 0 aliphatic heterocycles. The van der Waals surface area contributed by atoms with E-state index in [2.05, 4.69) is 20.7 Å². The molecule has 0 atom stereocenters. The Hall–Kier alpha value is -1.14. The summed E-state index contributed by atoms with van der Waals surface area (Å²) in [6, 6.07) is 0. The van der Waals surface area contributed by atoms with Crippen molar-refractivity contribution in [3.8, 4) is 0 Å². The lowest BCUT2D eigenvalue weighted by Crippen LogP contribution is -2.41. The molecular weight excluding hydrogens is 198 g/mol. The Kier molecular flexibility index (Phi) is 4.34. The van der Waals surface area contributed by atoms with Crippen molar-refractivity contribution >= 4 is 17.3 Å². The van der Waals surface area contributed by atoms with Crippen LogP contribution in [0.2, 0.25) is 0 Å². The molecule has 0 amide bonds. The summed E-state index contributed by atoms with van der Waals surface area (Å²) in [6.45, 7) is 5.37. The van der Waals surface area contributed by atoms with Crippen molar-refractivity contribution in [2.45, 2.75) is 20.4 Å². The van der Waals surface area contributed by atoms with Crippen molar-refractivity contribution in [2.24, 2.45) is 10.8 Å². The van der Waals surface area contributed by atoms with Gasteiger partial charge in [-0.1, -0.05) is 0 Å². The van der Waals surface area contributed by atoms with Crippen LogP contribution in [0, 0.1) is 6.92 Å². The number of aryl methyl sites for hydroxylation is 1. The molecule has 6 heteroatoms. The molecule has 1 aromatic heterocycles. The molecule has 0 aliphatic carbocycles. The standard InChI is InChI=1S/C8H15N5S/c1-3-10-8(13-9)12-5-7-4-11-6(2)14-7/h4H,3,5,9H2,1-2H3,(H2,10,12,13). The molecule has 14 heavy (non-hydrogen) atoms. The van der Waals surface area contributed by atoms with Crippen molar-refractivity contribution < 1.29 is 0 Å². The van der Waals surface area contributed by atoms with Crippen LogP contribution in [-0.2, 0) is 6.54 Å². The summed E-state index contributed by atoms with van der Waals surface area (Å²) >= 11 is 1.64. The van der Waals surface area contributed by atoms with Gasteiger partial charge >= 0.3 is 0 Å². The number of aromatic nitrogens is 1. The zero-order chi connectivity index (χ0) is 10.4. The Labute approximate surface area is 87.4 Å². The van der Waals surface area contributed by atoms with E-state index in [-0.39, 0.29) is 0 Å². The number of hydrogen-bond donors (Lipinski definition) is 3. The number of thiazole rings is 1. The summed E-state index contributed by atoms with van der Waals surface area (Å²) in [7, 11) is 0. The molecule has 0 spiro atoms. The number of hydrogen-bond acceptors (Lipinski definition) is 4. The summed E-state index contributed by atoms with van der Waals surface area (Å²) in [6.07, 6.45) is 1.84. The first-order valence-corrected chi connectivity index (χ1v) is 5.24. The van der Waals surface area contributed by atoms with E-state index in [1.807, 2.05) is 20.0 Å². The van der Waals surface area contributed by atoms with E-state index in [0.717, 1.165) is 16.4 Å². The third-order valence-electron chi connectivity index (χ3n) is 1.54. The van der Waals surface area contributed by atoms with Crippen LogP contribution in [0.4, 0.5) is 0 Å². The summed E-state index contributed by atoms with van der Waals surface area (Å²) in [5.41, 5.74) is 2.50. The minimum Gasteiger partial charge on any atom is -0.356 e. The van der Waals surface area contributed by atoms with Gasteiger partial charge in [0.25, 0.3) is 0 Å². The molecule has 0 aliphatic rings. The van der Waals surface area contributed by atoms with Crippen LogP contribution in [0.15, 0.2) is 11.2 Å². The lowest BCUT2D eigenvalue weighted by molar-refractivity contribution is 0.854. The van der Waals surface area contributed by atoms with Crippen molar-refractivity contribution in [1.82, 2.24) is 15.7 Å². The maximum absolute atomic E-state index is 5.27. The highest BCUT2D eigenvalue weighted by Crippen LogP contribution is 2.11. The van der Waals surface area contributed by atoms with Gasteiger partial charge in [0.1, 0.15) is 0 Å². The molecule has 78 valence electrons. The van der Waals surface area contributed by atoms with Gasteiger partial charge in [-0.2, -0.15) is 0 Å². The Bertz CT molecular complexity index is 306. The average molecular weight is 213 g/mol. The van der Waals surface area contributed by atoms with Gasteiger partial charge in [0.05, 0.1) is 11.6 Å². The first kappa shape index (κ1) is 10.9. The molecule has 0 saturated carbocycles. The van der Waals surface area contributed by atoms with Gasteiger partial charge in [0.15, 0.2) is 0 Å². The van der Waals surface area contributed by atoms with E-state index in [4.69, 9.17) is 5.84 Å². The normalized spacial score (nSPS) is 11.5. The Morgan fingerprint density at radius 1 is 1.71 bits per heavy atom. The Morgan fingerprint density at radius 2 is 2.50 bits per heavy atom. The Balaban J connectivity index is 2.51. The summed E-state index contributed by atoms with van der Waals surface area (Å²) in [5.74, 6) is 5.88. The zero-order valence-corrected chi connectivity index (χ0v) is 9.19. The predicted octanol–water partition coefficient (Wildman–Crippen LogP) is 0.380. The van der Waals surface area contributed by atoms with E-state index in [0.29, 0.717) is 12.5 Å². The number of nitrogens with two attached hydrogens (primary N) is 1. The van der Waals surface area contributed by atoms with Gasteiger partial charge in [-0.3, -0.25) is 5.43 Å². The molecule has 1 rings (SSSR count). The summed E-state index contributed by atoms with van der Waals surface area (Å²) in [5, 5.41) is 4.06. The van der Waals surface area contributed by atoms with Crippen LogP contribution >= 0.6 is 11.3 Å². The minimum atomic E-state index is 0.609. The zero-order valence-electron chi connectivity index (χ0n) is 8.37. The van der Waals surface area contributed by atoms with Gasteiger partial charge in [0.2, 0.25) is 5.96 Å². The van der Waals surface area contributed by atoms with Gasteiger partial charge in [-0.05, 0) is 13.8 Å². The maximum Gasteiger partial charge on any atom is 0.206 e. The minimum absolute atomic E-state index is 0.609. The number of aliphatic imine (C=N–C) groups is 1. The van der Waals surface area contributed by atoms with Gasteiger partial charge in [0, 0.05) is 17.6 Å². The van der Waals surface area contributed by atoms with Gasteiger partial charge in [-0.15, -0.1) is 11.3 Å². The van der Waals surface area contributed by atoms with E-state index >= 15 is 0 Å². The highest BCUT2D eigenvalue weighted by Gasteiger charge is 1.97.